The molecule has 108 valence electrons. The van der Waals surface area contributed by atoms with Gasteiger partial charge in [0.2, 0.25) is 0 Å². The van der Waals surface area contributed by atoms with Gasteiger partial charge in [-0.3, -0.25) is 0 Å². The molecule has 0 spiro atoms. The molecule has 1 aromatic rings. The van der Waals surface area contributed by atoms with E-state index in [2.05, 4.69) is 30.6 Å². The van der Waals surface area contributed by atoms with E-state index in [0.29, 0.717) is 21.9 Å². The predicted octanol–water partition coefficient (Wildman–Crippen LogP) is 3.10. The highest BCUT2D eigenvalue weighted by Gasteiger charge is 2.35. The Morgan fingerprint density at radius 3 is 3.05 bits per heavy atom. The second-order valence-electron chi connectivity index (χ2n) is 4.37. The summed E-state index contributed by atoms with van der Waals surface area (Å²) < 4.78 is 5.15. The molecule has 4 nitrogen and oxygen atoms in total. The third-order valence-corrected chi connectivity index (χ3v) is 4.33. The monoisotopic (exact) mass is 318 g/mol. The van der Waals surface area contributed by atoms with Crippen LogP contribution in [0.15, 0.2) is 52.0 Å². The van der Waals surface area contributed by atoms with E-state index in [1.165, 1.54) is 17.4 Å². The summed E-state index contributed by atoms with van der Waals surface area (Å²) in [5.41, 5.74) is 1.50. The maximum atomic E-state index is 12.3. The highest BCUT2D eigenvalue weighted by molar-refractivity contribution is 7.84. The fourth-order valence-electron chi connectivity index (χ4n) is 2.15. The van der Waals surface area contributed by atoms with Crippen molar-refractivity contribution in [2.45, 2.75) is 12.8 Å². The Hall–Kier alpha value is -1.97. The standard InChI is InChI=1S/C15H14N2O2S2/c1-3-6-19-15(18)12-9(2)17-14(20)10(8-16)13(12)11-5-4-7-21-11/h3-5,7,13,17,20H,1,6H2,2H3/t13-/m0/s1. The fraction of sp³-hybridized carbons (Fsp3) is 0.200. The number of thiophene rings is 1. The Bertz CT molecular complexity index is 666. The van der Waals surface area contributed by atoms with E-state index < -0.39 is 11.9 Å². The number of dihydropyridines is 1. The number of rotatable bonds is 4. The van der Waals surface area contributed by atoms with E-state index in [1.807, 2.05) is 17.5 Å². The number of hydrogen-bond acceptors (Lipinski definition) is 6. The molecule has 1 aliphatic rings. The van der Waals surface area contributed by atoms with Crippen LogP contribution in [0.1, 0.15) is 17.7 Å². The van der Waals surface area contributed by atoms with Crippen molar-refractivity contribution in [2.75, 3.05) is 6.61 Å². The Labute approximate surface area is 132 Å². The van der Waals surface area contributed by atoms with Gasteiger partial charge in [0.05, 0.1) is 28.2 Å². The second kappa shape index (κ2) is 6.66. The first kappa shape index (κ1) is 15.4. The number of esters is 1. The SMILES string of the molecule is C=CCOC(=O)C1=C(C)NC(S)=C(C#N)[C@H]1c1cccs1. The van der Waals surface area contributed by atoms with Crippen LogP contribution in [-0.4, -0.2) is 12.6 Å². The molecular weight excluding hydrogens is 304 g/mol. The molecule has 0 aliphatic carbocycles. The summed E-state index contributed by atoms with van der Waals surface area (Å²) in [7, 11) is 0. The van der Waals surface area contributed by atoms with Crippen LogP contribution < -0.4 is 5.32 Å². The number of carbonyl (C=O) groups excluding carboxylic acids is 1. The van der Waals surface area contributed by atoms with E-state index in [0.717, 1.165) is 4.88 Å². The highest BCUT2D eigenvalue weighted by Crippen LogP contribution is 2.40. The molecule has 0 aromatic carbocycles. The van der Waals surface area contributed by atoms with Gasteiger partial charge in [0.15, 0.2) is 0 Å². The lowest BCUT2D eigenvalue weighted by Gasteiger charge is -2.26. The molecule has 1 aliphatic heterocycles. The van der Waals surface area contributed by atoms with Gasteiger partial charge in [0.25, 0.3) is 0 Å². The van der Waals surface area contributed by atoms with Gasteiger partial charge in [0.1, 0.15) is 6.61 Å². The molecule has 0 unspecified atom stereocenters. The van der Waals surface area contributed by atoms with Gasteiger partial charge >= 0.3 is 5.97 Å². The van der Waals surface area contributed by atoms with Crippen LogP contribution in [0.4, 0.5) is 0 Å². The van der Waals surface area contributed by atoms with E-state index >= 15 is 0 Å². The minimum absolute atomic E-state index is 0.131. The third-order valence-electron chi connectivity index (χ3n) is 3.04. The summed E-state index contributed by atoms with van der Waals surface area (Å²) >= 11 is 5.80. The van der Waals surface area contributed by atoms with Crippen LogP contribution in [0, 0.1) is 11.3 Å². The normalized spacial score (nSPS) is 18.0. The molecule has 1 atom stereocenters. The fourth-order valence-corrected chi connectivity index (χ4v) is 3.34. The molecule has 0 radical (unpaired) electrons. The van der Waals surface area contributed by atoms with Crippen molar-refractivity contribution >= 4 is 29.9 Å². The molecule has 1 aromatic heterocycles. The smallest absolute Gasteiger partial charge is 0.337 e. The Balaban J connectivity index is 2.49. The van der Waals surface area contributed by atoms with Crippen molar-refractivity contribution in [1.82, 2.24) is 5.32 Å². The average molecular weight is 318 g/mol. The molecule has 2 heterocycles. The first-order chi connectivity index (χ1) is 10.1. The maximum absolute atomic E-state index is 12.3. The number of ether oxygens (including phenoxy) is 1. The molecule has 2 rings (SSSR count). The third kappa shape index (κ3) is 3.04. The first-order valence-electron chi connectivity index (χ1n) is 6.22. The Morgan fingerprint density at radius 2 is 2.48 bits per heavy atom. The van der Waals surface area contributed by atoms with Crippen LogP contribution in [0.2, 0.25) is 0 Å². The van der Waals surface area contributed by atoms with Crippen LogP contribution in [0.3, 0.4) is 0 Å². The molecule has 0 bridgehead atoms. The van der Waals surface area contributed by atoms with Crippen molar-refractivity contribution in [3.05, 3.63) is 56.9 Å². The summed E-state index contributed by atoms with van der Waals surface area (Å²) in [5, 5.41) is 14.7. The van der Waals surface area contributed by atoms with E-state index in [-0.39, 0.29) is 6.61 Å². The summed E-state index contributed by atoms with van der Waals surface area (Å²) in [6.07, 6.45) is 1.51. The minimum atomic E-state index is -0.452. The number of nitrogens with zero attached hydrogens (tertiary/aromatic N) is 1. The van der Waals surface area contributed by atoms with Crippen LogP contribution >= 0.6 is 24.0 Å². The molecule has 0 saturated heterocycles. The van der Waals surface area contributed by atoms with Crippen LogP contribution in [0.25, 0.3) is 0 Å². The van der Waals surface area contributed by atoms with Gasteiger partial charge in [-0.2, -0.15) is 5.26 Å². The second-order valence-corrected chi connectivity index (χ2v) is 5.80. The van der Waals surface area contributed by atoms with Gasteiger partial charge in [-0.05, 0) is 18.4 Å². The minimum Gasteiger partial charge on any atom is -0.458 e. The van der Waals surface area contributed by atoms with Crippen molar-refractivity contribution in [1.29, 1.82) is 5.26 Å². The van der Waals surface area contributed by atoms with Gasteiger partial charge in [-0.15, -0.1) is 24.0 Å². The average Bonchev–Trinajstić information content (AvgIpc) is 2.97. The number of nitriles is 1. The zero-order valence-electron chi connectivity index (χ0n) is 11.4. The lowest BCUT2D eigenvalue weighted by molar-refractivity contribution is -0.138. The number of carbonyl (C=O) groups is 1. The topological polar surface area (TPSA) is 62.1 Å². The summed E-state index contributed by atoms with van der Waals surface area (Å²) in [6, 6.07) is 5.92. The lowest BCUT2D eigenvalue weighted by atomic mass is 9.87. The lowest BCUT2D eigenvalue weighted by Crippen LogP contribution is -2.27. The van der Waals surface area contributed by atoms with E-state index in [1.54, 1.807) is 6.92 Å². The molecule has 0 fully saturated rings. The Morgan fingerprint density at radius 1 is 1.71 bits per heavy atom. The zero-order chi connectivity index (χ0) is 15.4. The molecule has 1 N–H and O–H groups in total. The van der Waals surface area contributed by atoms with Gasteiger partial charge < -0.3 is 10.1 Å². The van der Waals surface area contributed by atoms with Gasteiger partial charge in [-0.1, -0.05) is 18.7 Å². The molecule has 21 heavy (non-hydrogen) atoms. The maximum Gasteiger partial charge on any atom is 0.337 e. The summed E-state index contributed by atoms with van der Waals surface area (Å²) in [6.45, 7) is 5.43. The van der Waals surface area contributed by atoms with Gasteiger partial charge in [-0.25, -0.2) is 4.79 Å². The quantitative estimate of drug-likeness (QED) is 0.509. The summed E-state index contributed by atoms with van der Waals surface area (Å²) in [5.74, 6) is -0.895. The summed E-state index contributed by atoms with van der Waals surface area (Å²) in [4.78, 5) is 13.2. The molecule has 6 heteroatoms. The van der Waals surface area contributed by atoms with Crippen LogP contribution in [-0.2, 0) is 9.53 Å². The Kier molecular flexibility index (Phi) is 4.89. The zero-order valence-corrected chi connectivity index (χ0v) is 13.1. The van der Waals surface area contributed by atoms with E-state index in [9.17, 15) is 10.1 Å². The molecule has 0 amide bonds. The van der Waals surface area contributed by atoms with Crippen molar-refractivity contribution in [3.8, 4) is 6.07 Å². The highest BCUT2D eigenvalue weighted by atomic mass is 32.1. The van der Waals surface area contributed by atoms with Crippen molar-refractivity contribution in [2.24, 2.45) is 0 Å². The van der Waals surface area contributed by atoms with Gasteiger partial charge in [0, 0.05) is 10.6 Å². The molecule has 0 saturated carbocycles. The van der Waals surface area contributed by atoms with Crippen molar-refractivity contribution in [3.63, 3.8) is 0 Å². The number of hydrogen-bond donors (Lipinski definition) is 2. The van der Waals surface area contributed by atoms with Crippen molar-refractivity contribution < 1.29 is 9.53 Å². The number of thiol groups is 1. The largest absolute Gasteiger partial charge is 0.458 e. The van der Waals surface area contributed by atoms with Crippen LogP contribution in [0.5, 0.6) is 0 Å². The predicted molar refractivity (Wildman–Crippen MR) is 85.7 cm³/mol. The first-order valence-corrected chi connectivity index (χ1v) is 7.55. The molecular formula is C15H14N2O2S2. The van der Waals surface area contributed by atoms with E-state index in [4.69, 9.17) is 4.74 Å². The number of allylic oxidation sites excluding steroid dienone is 2. The number of nitrogens with one attached hydrogen (secondary N) is 1.